The number of aliphatic carboxylic acids is 2. The highest BCUT2D eigenvalue weighted by Gasteiger charge is 2.26. The van der Waals surface area contributed by atoms with Gasteiger partial charge in [-0.3, -0.25) is 14.0 Å². The molecule has 0 aromatic carbocycles. The van der Waals surface area contributed by atoms with Gasteiger partial charge in [0, 0.05) is 17.3 Å². The fourth-order valence-corrected chi connectivity index (χ4v) is 2.31. The molecule has 0 aliphatic carbocycles. The molecule has 23 heavy (non-hydrogen) atoms. The number of aryl methyl sites for hydroxylation is 1. The number of hydrogen-bond acceptors (Lipinski definition) is 4. The maximum absolute atomic E-state index is 12.4. The van der Waals surface area contributed by atoms with E-state index in [4.69, 9.17) is 21.8 Å². The Morgan fingerprint density at radius 2 is 2.09 bits per heavy atom. The Morgan fingerprint density at radius 3 is 2.65 bits per heavy atom. The lowest BCUT2D eigenvalue weighted by atomic mass is 10.2. The number of aromatic nitrogens is 2. The zero-order chi connectivity index (χ0) is 17.1. The van der Waals surface area contributed by atoms with Crippen LogP contribution in [0.4, 0.5) is 0 Å². The Hall–Kier alpha value is -2.61. The highest BCUT2D eigenvalue weighted by molar-refractivity contribution is 6.30. The number of imidazole rings is 1. The minimum Gasteiger partial charge on any atom is -0.481 e. The van der Waals surface area contributed by atoms with Crippen LogP contribution in [0.15, 0.2) is 18.3 Å². The summed E-state index contributed by atoms with van der Waals surface area (Å²) in [7, 11) is 0. The zero-order valence-corrected chi connectivity index (χ0v) is 12.9. The third-order valence-electron chi connectivity index (χ3n) is 3.19. The number of nitrogens with one attached hydrogen (secondary N) is 1. The second-order valence-corrected chi connectivity index (χ2v) is 5.23. The van der Waals surface area contributed by atoms with Gasteiger partial charge in [0.25, 0.3) is 5.91 Å². The van der Waals surface area contributed by atoms with Crippen molar-refractivity contribution in [1.82, 2.24) is 14.7 Å². The van der Waals surface area contributed by atoms with Crippen LogP contribution in [0.3, 0.4) is 0 Å². The van der Waals surface area contributed by atoms with E-state index in [-0.39, 0.29) is 5.69 Å². The third-order valence-corrected chi connectivity index (χ3v) is 3.43. The van der Waals surface area contributed by atoms with E-state index < -0.39 is 30.3 Å². The molecule has 2 aromatic rings. The van der Waals surface area contributed by atoms with Gasteiger partial charge in [0.1, 0.15) is 17.4 Å². The van der Waals surface area contributed by atoms with Gasteiger partial charge in [-0.2, -0.15) is 0 Å². The normalized spacial score (nSPS) is 12.1. The number of amides is 1. The Morgan fingerprint density at radius 1 is 1.39 bits per heavy atom. The van der Waals surface area contributed by atoms with Crippen LogP contribution in [0.5, 0.6) is 0 Å². The van der Waals surface area contributed by atoms with E-state index in [9.17, 15) is 14.4 Å². The van der Waals surface area contributed by atoms with Gasteiger partial charge < -0.3 is 15.5 Å². The summed E-state index contributed by atoms with van der Waals surface area (Å²) in [6.45, 7) is 1.80. The summed E-state index contributed by atoms with van der Waals surface area (Å²) in [5, 5.41) is 20.4. The molecule has 9 heteroatoms. The van der Waals surface area contributed by atoms with Crippen molar-refractivity contribution in [1.29, 1.82) is 0 Å². The molecule has 2 aromatic heterocycles. The molecule has 2 heterocycles. The molecule has 1 atom stereocenters. The van der Waals surface area contributed by atoms with Gasteiger partial charge in [0.05, 0.1) is 12.1 Å². The van der Waals surface area contributed by atoms with Crippen LogP contribution in [0.25, 0.3) is 5.65 Å². The first kappa shape index (κ1) is 16.8. The average Bonchev–Trinajstić information content (AvgIpc) is 2.83. The van der Waals surface area contributed by atoms with E-state index in [2.05, 4.69) is 10.3 Å². The number of fused-ring (bicyclic) bond motifs is 1. The van der Waals surface area contributed by atoms with Crippen molar-refractivity contribution in [2.45, 2.75) is 25.8 Å². The van der Waals surface area contributed by atoms with Crippen LogP contribution < -0.4 is 5.32 Å². The van der Waals surface area contributed by atoms with Crippen LogP contribution in [0, 0.1) is 0 Å². The number of rotatable bonds is 6. The summed E-state index contributed by atoms with van der Waals surface area (Å²) < 4.78 is 1.49. The predicted octanol–water partition coefficient (Wildman–Crippen LogP) is 1.21. The SMILES string of the molecule is CCc1nc2cc(Cl)ccn2c1C(=O)NC(CC(=O)O)C(=O)O. The van der Waals surface area contributed by atoms with Crippen LogP contribution in [-0.2, 0) is 16.0 Å². The summed E-state index contributed by atoms with van der Waals surface area (Å²) in [6, 6.07) is 1.62. The van der Waals surface area contributed by atoms with E-state index in [1.807, 2.05) is 0 Å². The maximum Gasteiger partial charge on any atom is 0.326 e. The molecule has 3 N–H and O–H groups in total. The molecule has 122 valence electrons. The van der Waals surface area contributed by atoms with E-state index in [1.54, 1.807) is 25.3 Å². The predicted molar refractivity (Wildman–Crippen MR) is 80.7 cm³/mol. The Kier molecular flexibility index (Phi) is 4.85. The number of carboxylic acids is 2. The van der Waals surface area contributed by atoms with Crippen LogP contribution >= 0.6 is 11.6 Å². The standard InChI is InChI=1S/C14H14ClN3O5/c1-2-8-12(18-4-3-7(15)5-10(18)16-8)13(21)17-9(14(22)23)6-11(19)20/h3-5,9H,2,6H2,1H3,(H,17,21)(H,19,20)(H,22,23). The van der Waals surface area contributed by atoms with E-state index >= 15 is 0 Å². The van der Waals surface area contributed by atoms with Crippen molar-refractivity contribution in [2.24, 2.45) is 0 Å². The largest absolute Gasteiger partial charge is 0.481 e. The van der Waals surface area contributed by atoms with Gasteiger partial charge in [-0.1, -0.05) is 18.5 Å². The first-order valence-electron chi connectivity index (χ1n) is 6.75. The molecule has 8 nitrogen and oxygen atoms in total. The smallest absolute Gasteiger partial charge is 0.326 e. The van der Waals surface area contributed by atoms with Crippen LogP contribution in [-0.4, -0.2) is 43.5 Å². The first-order chi connectivity index (χ1) is 10.8. The van der Waals surface area contributed by atoms with Crippen molar-refractivity contribution in [3.63, 3.8) is 0 Å². The lowest BCUT2D eigenvalue weighted by molar-refractivity contribution is -0.145. The number of halogens is 1. The summed E-state index contributed by atoms with van der Waals surface area (Å²) in [6.07, 6.45) is 1.27. The van der Waals surface area contributed by atoms with Gasteiger partial charge in [-0.05, 0) is 12.5 Å². The van der Waals surface area contributed by atoms with Crippen molar-refractivity contribution in [3.05, 3.63) is 34.7 Å². The number of carbonyl (C=O) groups is 3. The van der Waals surface area contributed by atoms with E-state index in [0.29, 0.717) is 22.8 Å². The minimum absolute atomic E-state index is 0.163. The number of nitrogens with zero attached hydrogens (tertiary/aromatic N) is 2. The zero-order valence-electron chi connectivity index (χ0n) is 12.1. The Balaban J connectivity index is 2.40. The molecule has 1 unspecified atom stereocenters. The molecule has 0 radical (unpaired) electrons. The average molecular weight is 340 g/mol. The molecule has 0 fully saturated rings. The minimum atomic E-state index is -1.53. The molecule has 0 bridgehead atoms. The third kappa shape index (κ3) is 3.59. The molecule has 1 amide bonds. The number of carbonyl (C=O) groups excluding carboxylic acids is 1. The fourth-order valence-electron chi connectivity index (χ4n) is 2.16. The fraction of sp³-hybridized carbons (Fsp3) is 0.286. The monoisotopic (exact) mass is 339 g/mol. The summed E-state index contributed by atoms with van der Waals surface area (Å²) in [5.41, 5.74) is 1.07. The molecular weight excluding hydrogens is 326 g/mol. The summed E-state index contributed by atoms with van der Waals surface area (Å²) in [5.74, 6) is -3.45. The van der Waals surface area contributed by atoms with Crippen molar-refractivity contribution < 1.29 is 24.6 Å². The number of carboxylic acid groups (broad SMARTS) is 2. The molecule has 2 rings (SSSR count). The lowest BCUT2D eigenvalue weighted by Crippen LogP contribution is -2.42. The molecule has 0 saturated carbocycles. The topological polar surface area (TPSA) is 121 Å². The number of pyridine rings is 1. The van der Waals surface area contributed by atoms with E-state index in [1.165, 1.54) is 4.40 Å². The first-order valence-corrected chi connectivity index (χ1v) is 7.13. The highest BCUT2D eigenvalue weighted by atomic mass is 35.5. The second-order valence-electron chi connectivity index (χ2n) is 4.80. The molecule has 0 aliphatic heterocycles. The highest BCUT2D eigenvalue weighted by Crippen LogP contribution is 2.17. The maximum atomic E-state index is 12.4. The Labute approximate surface area is 135 Å². The van der Waals surface area contributed by atoms with E-state index in [0.717, 1.165) is 0 Å². The molecule has 0 saturated heterocycles. The summed E-state index contributed by atoms with van der Waals surface area (Å²) in [4.78, 5) is 38.5. The van der Waals surface area contributed by atoms with Gasteiger partial charge in [0.2, 0.25) is 0 Å². The van der Waals surface area contributed by atoms with Gasteiger partial charge in [-0.25, -0.2) is 9.78 Å². The van der Waals surface area contributed by atoms with Crippen molar-refractivity contribution in [2.75, 3.05) is 0 Å². The molecule has 0 aliphatic rings. The van der Waals surface area contributed by atoms with Crippen molar-refractivity contribution >= 4 is 35.1 Å². The van der Waals surface area contributed by atoms with Crippen LogP contribution in [0.1, 0.15) is 29.5 Å². The second kappa shape index (κ2) is 6.66. The Bertz CT molecular complexity index is 786. The van der Waals surface area contributed by atoms with Gasteiger partial charge >= 0.3 is 11.9 Å². The lowest BCUT2D eigenvalue weighted by Gasteiger charge is -2.12. The van der Waals surface area contributed by atoms with Crippen LogP contribution in [0.2, 0.25) is 5.02 Å². The summed E-state index contributed by atoms with van der Waals surface area (Å²) >= 11 is 5.89. The number of hydrogen-bond donors (Lipinski definition) is 3. The molecular formula is C14H14ClN3O5. The van der Waals surface area contributed by atoms with Gasteiger partial charge in [-0.15, -0.1) is 0 Å². The quantitative estimate of drug-likeness (QED) is 0.727. The van der Waals surface area contributed by atoms with Crippen molar-refractivity contribution in [3.8, 4) is 0 Å². The van der Waals surface area contributed by atoms with Gasteiger partial charge in [0.15, 0.2) is 0 Å². The molecule has 0 spiro atoms.